The SMILES string of the molecule is CC(=O)Nc1cc2c(ccc[n+]2CC2=C(C=O)N3C(=O)C(NC(=O)/C(=N\O[C@@H](C)C(=O)O)c4nc(N)sc4Cl)C3SC2)[nH]1. The number of carboxylic acids is 1. The molecule has 5 rings (SSSR count). The summed E-state index contributed by atoms with van der Waals surface area (Å²) in [5.41, 5.74) is 7.55. The average Bonchev–Trinajstić information content (AvgIpc) is 3.52. The number of fused-ring (bicyclic) bond motifs is 2. The number of hydrogen-bond donors (Lipinski definition) is 5. The number of pyridine rings is 1. The summed E-state index contributed by atoms with van der Waals surface area (Å²) in [4.78, 5) is 74.8. The van der Waals surface area contributed by atoms with E-state index in [-0.39, 0.29) is 26.8 Å². The Hall–Kier alpha value is -4.48. The minimum atomic E-state index is -1.39. The second kappa shape index (κ2) is 12.0. The van der Waals surface area contributed by atoms with Gasteiger partial charge in [0.15, 0.2) is 29.9 Å². The van der Waals surface area contributed by atoms with Crippen LogP contribution in [0.5, 0.6) is 0 Å². The summed E-state index contributed by atoms with van der Waals surface area (Å²) in [6.07, 6.45) is 1.05. The number of oxime groups is 1. The van der Waals surface area contributed by atoms with Gasteiger partial charge in [-0.2, -0.15) is 4.57 Å². The van der Waals surface area contributed by atoms with Gasteiger partial charge in [0.05, 0.1) is 11.8 Å². The zero-order valence-corrected chi connectivity index (χ0v) is 24.9. The fraction of sp³-hybridized carbons (Fsp3) is 0.280. The molecule has 3 aromatic rings. The molecule has 224 valence electrons. The van der Waals surface area contributed by atoms with Crippen molar-refractivity contribution in [3.05, 3.63) is 45.7 Å². The van der Waals surface area contributed by atoms with Crippen molar-refractivity contribution in [2.75, 3.05) is 16.8 Å². The molecule has 15 nitrogen and oxygen atoms in total. The quantitative estimate of drug-likeness (QED) is 0.0688. The van der Waals surface area contributed by atoms with E-state index in [1.165, 1.54) is 30.5 Å². The van der Waals surface area contributed by atoms with E-state index in [1.54, 1.807) is 6.07 Å². The van der Waals surface area contributed by atoms with E-state index in [4.69, 9.17) is 27.3 Å². The Bertz CT molecular complexity index is 1730. The molecule has 5 heterocycles. The molecule has 0 spiro atoms. The number of anilines is 2. The number of thioether (sulfide) groups is 1. The Morgan fingerprint density at radius 2 is 2.21 bits per heavy atom. The third kappa shape index (κ3) is 5.91. The molecule has 3 amide bonds. The number of nitrogens with one attached hydrogen (secondary N) is 3. The molecule has 43 heavy (non-hydrogen) atoms. The smallest absolute Gasteiger partial charge is 0.347 e. The van der Waals surface area contributed by atoms with E-state index in [9.17, 15) is 24.0 Å². The number of aldehydes is 1. The van der Waals surface area contributed by atoms with E-state index in [0.717, 1.165) is 22.4 Å². The van der Waals surface area contributed by atoms with Crippen molar-refractivity contribution in [1.29, 1.82) is 0 Å². The monoisotopic (exact) mass is 647 g/mol. The molecule has 2 unspecified atom stereocenters. The van der Waals surface area contributed by atoms with Crippen LogP contribution in [0, 0.1) is 0 Å². The van der Waals surface area contributed by atoms with Crippen molar-refractivity contribution in [1.82, 2.24) is 20.2 Å². The van der Waals surface area contributed by atoms with Gasteiger partial charge in [0.2, 0.25) is 17.5 Å². The molecule has 3 aromatic heterocycles. The molecule has 0 aliphatic carbocycles. The second-order valence-electron chi connectivity index (χ2n) is 9.47. The Labute approximate surface area is 256 Å². The summed E-state index contributed by atoms with van der Waals surface area (Å²) in [7, 11) is 0. The zero-order valence-electron chi connectivity index (χ0n) is 22.5. The normalized spacial score (nSPS) is 19.0. The fourth-order valence-electron chi connectivity index (χ4n) is 4.51. The molecule has 1 saturated heterocycles. The number of nitrogens with zero attached hydrogens (tertiary/aromatic N) is 4. The van der Waals surface area contributed by atoms with E-state index < -0.39 is 41.0 Å². The van der Waals surface area contributed by atoms with E-state index in [1.807, 2.05) is 22.9 Å². The first-order valence-corrected chi connectivity index (χ1v) is 14.8. The maximum Gasteiger partial charge on any atom is 0.347 e. The van der Waals surface area contributed by atoms with Crippen LogP contribution in [0.1, 0.15) is 19.5 Å². The van der Waals surface area contributed by atoms with Gasteiger partial charge in [0.1, 0.15) is 32.8 Å². The van der Waals surface area contributed by atoms with Crippen molar-refractivity contribution < 1.29 is 38.5 Å². The molecular weight excluding hydrogens is 624 g/mol. The van der Waals surface area contributed by atoms with E-state index >= 15 is 0 Å². The summed E-state index contributed by atoms with van der Waals surface area (Å²) in [5, 5.41) is 17.5. The summed E-state index contributed by atoms with van der Waals surface area (Å²) in [6, 6.07) is 4.42. The number of carbonyl (C=O) groups is 5. The summed E-state index contributed by atoms with van der Waals surface area (Å²) in [5.74, 6) is -2.05. The lowest BCUT2D eigenvalue weighted by atomic mass is 10.0. The molecule has 2 aliphatic rings. The number of aromatic nitrogens is 3. The minimum absolute atomic E-state index is 0.0153. The standard InChI is InChI=1S/C25H23ClN8O7S2/c1-10(24(39)40)41-32-18(17-20(26)43-25(27)31-17)21(37)30-19-22(38)34-15(8-35)12(9-42-23(19)34)7-33-5-3-4-13-14(33)6-16(29-13)28-11(2)36/h3-6,8,10,19,23H,7,9H2,1-2H3,(H5,27,28,29,30,31,36,37,39,40)/p+1/b32-18-/t10-,19?,23?/m0/s1. The highest BCUT2D eigenvalue weighted by Crippen LogP contribution is 2.40. The van der Waals surface area contributed by atoms with Crippen LogP contribution < -0.4 is 20.9 Å². The number of halogens is 1. The summed E-state index contributed by atoms with van der Waals surface area (Å²) in [6.45, 7) is 2.91. The highest BCUT2D eigenvalue weighted by atomic mass is 35.5. The first-order valence-electron chi connectivity index (χ1n) is 12.6. The van der Waals surface area contributed by atoms with Gasteiger partial charge in [-0.05, 0) is 13.0 Å². The number of rotatable bonds is 10. The van der Waals surface area contributed by atoms with Gasteiger partial charge in [-0.25, -0.2) is 9.78 Å². The average molecular weight is 648 g/mol. The van der Waals surface area contributed by atoms with Crippen molar-refractivity contribution in [3.63, 3.8) is 0 Å². The van der Waals surface area contributed by atoms with Crippen LogP contribution >= 0.6 is 34.7 Å². The van der Waals surface area contributed by atoms with Crippen molar-refractivity contribution >= 4 is 92.4 Å². The minimum Gasteiger partial charge on any atom is -0.478 e. The molecule has 3 atom stereocenters. The molecule has 0 saturated carbocycles. The van der Waals surface area contributed by atoms with Gasteiger partial charge >= 0.3 is 5.97 Å². The number of allylic oxidation sites excluding steroid dienone is 1. The molecular formula is C25H24ClN8O7S2+. The largest absolute Gasteiger partial charge is 0.478 e. The number of nitrogens with two attached hydrogens (primary N) is 1. The number of aliphatic carboxylic acids is 1. The highest BCUT2D eigenvalue weighted by molar-refractivity contribution is 8.00. The lowest BCUT2D eigenvalue weighted by molar-refractivity contribution is -0.663. The number of H-pyrrole nitrogens is 1. The van der Waals surface area contributed by atoms with Crippen LogP contribution in [0.3, 0.4) is 0 Å². The molecule has 2 aliphatic heterocycles. The lowest BCUT2D eigenvalue weighted by Crippen LogP contribution is -2.70. The van der Waals surface area contributed by atoms with Crippen molar-refractivity contribution in [2.24, 2.45) is 5.16 Å². The highest BCUT2D eigenvalue weighted by Gasteiger charge is 2.53. The molecule has 1 fully saturated rings. The van der Waals surface area contributed by atoms with Gasteiger partial charge in [-0.3, -0.25) is 24.1 Å². The van der Waals surface area contributed by atoms with Gasteiger partial charge in [0.25, 0.3) is 11.8 Å². The van der Waals surface area contributed by atoms with Gasteiger partial charge < -0.3 is 31.3 Å². The van der Waals surface area contributed by atoms with Gasteiger partial charge in [-0.1, -0.05) is 28.1 Å². The predicted molar refractivity (Wildman–Crippen MR) is 157 cm³/mol. The number of hydrogen-bond acceptors (Lipinski definition) is 11. The van der Waals surface area contributed by atoms with E-state index in [2.05, 4.69) is 25.8 Å². The third-order valence-corrected chi connectivity index (χ3v) is 8.94. The molecule has 0 bridgehead atoms. The Balaban J connectivity index is 1.36. The maximum atomic E-state index is 13.3. The zero-order chi connectivity index (χ0) is 31.0. The summed E-state index contributed by atoms with van der Waals surface area (Å²) >= 11 is 8.39. The lowest BCUT2D eigenvalue weighted by Gasteiger charge is -2.49. The number of carboxylic acid groups (broad SMARTS) is 1. The van der Waals surface area contributed by atoms with Crippen LogP contribution in [0.25, 0.3) is 11.0 Å². The number of aromatic amines is 1. The number of nitrogen functional groups attached to an aromatic ring is 1. The second-order valence-corrected chi connectivity index (χ2v) is 12.2. The van der Waals surface area contributed by atoms with Crippen molar-refractivity contribution in [2.45, 2.75) is 37.9 Å². The third-order valence-electron chi connectivity index (χ3n) is 6.52. The number of carbonyl (C=O) groups excluding carboxylic acids is 4. The van der Waals surface area contributed by atoms with Crippen LogP contribution in [-0.4, -0.2) is 78.9 Å². The van der Waals surface area contributed by atoms with Crippen LogP contribution in [0.2, 0.25) is 4.34 Å². The number of β-lactam (4-membered cyclic amide) rings is 1. The first-order chi connectivity index (χ1) is 20.5. The van der Waals surface area contributed by atoms with Gasteiger partial charge in [-0.15, -0.1) is 11.8 Å². The summed E-state index contributed by atoms with van der Waals surface area (Å²) < 4.78 is 1.91. The predicted octanol–water partition coefficient (Wildman–Crippen LogP) is 0.853. The number of amides is 3. The van der Waals surface area contributed by atoms with Crippen LogP contribution in [0.4, 0.5) is 10.9 Å². The van der Waals surface area contributed by atoms with Crippen molar-refractivity contribution in [3.8, 4) is 0 Å². The number of thiazole rings is 1. The maximum absolute atomic E-state index is 13.3. The molecule has 0 aromatic carbocycles. The fourth-order valence-corrected chi connectivity index (χ4v) is 6.79. The Kier molecular flexibility index (Phi) is 8.38. The topological polar surface area (TPSA) is 213 Å². The Morgan fingerprint density at radius 1 is 1.44 bits per heavy atom. The molecule has 18 heteroatoms. The Morgan fingerprint density at radius 3 is 2.86 bits per heavy atom. The van der Waals surface area contributed by atoms with Crippen LogP contribution in [-0.2, 0) is 35.4 Å². The van der Waals surface area contributed by atoms with Crippen LogP contribution in [0.15, 0.2) is 40.8 Å². The molecule has 0 radical (unpaired) electrons. The molecule has 6 N–H and O–H groups in total. The van der Waals surface area contributed by atoms with E-state index in [0.29, 0.717) is 30.0 Å². The first kappa shape index (κ1) is 30.0. The van der Waals surface area contributed by atoms with Gasteiger partial charge in [0, 0.05) is 24.3 Å².